The number of aliphatic carboxylic acids is 2. The number of carboxylic acids is 2. The van der Waals surface area contributed by atoms with E-state index in [0.29, 0.717) is 38.4 Å². The summed E-state index contributed by atoms with van der Waals surface area (Å²) in [6, 6.07) is 12.0. The molecule has 4 rings (SSSR count). The highest BCUT2D eigenvalue weighted by Gasteiger charge is 2.32. The first-order valence-electron chi connectivity index (χ1n) is 12.1. The molecule has 0 aromatic heterocycles. The van der Waals surface area contributed by atoms with Gasteiger partial charge < -0.3 is 20.0 Å². The van der Waals surface area contributed by atoms with Gasteiger partial charge in [0.15, 0.2) is 0 Å². The molecule has 38 heavy (non-hydrogen) atoms. The van der Waals surface area contributed by atoms with Crippen LogP contribution in [0.5, 0.6) is 0 Å². The van der Waals surface area contributed by atoms with E-state index in [1.54, 1.807) is 12.1 Å². The number of rotatable bonds is 4. The van der Waals surface area contributed by atoms with Gasteiger partial charge in [-0.2, -0.15) is 13.2 Å². The Kier molecular flexibility index (Phi) is 9.67. The van der Waals surface area contributed by atoms with Crippen molar-refractivity contribution in [2.45, 2.75) is 25.6 Å². The van der Waals surface area contributed by atoms with Gasteiger partial charge >= 0.3 is 18.1 Å². The summed E-state index contributed by atoms with van der Waals surface area (Å²) in [5, 5.41) is 14.8. The molecule has 0 atom stereocenters. The van der Waals surface area contributed by atoms with Crippen LogP contribution in [0.1, 0.15) is 24.0 Å². The number of para-hydroxylation sites is 1. The fourth-order valence-corrected chi connectivity index (χ4v) is 4.53. The molecule has 2 N–H and O–H groups in total. The van der Waals surface area contributed by atoms with Crippen molar-refractivity contribution in [3.63, 3.8) is 0 Å². The average Bonchev–Trinajstić information content (AvgIpc) is 2.89. The third-order valence-electron chi connectivity index (χ3n) is 6.59. The molecule has 0 aliphatic carbocycles. The highest BCUT2D eigenvalue weighted by Crippen LogP contribution is 2.30. The predicted molar refractivity (Wildman–Crippen MR) is 130 cm³/mol. The Labute approximate surface area is 217 Å². The third-order valence-corrected chi connectivity index (χ3v) is 6.59. The first kappa shape index (κ1) is 28.9. The zero-order chi connectivity index (χ0) is 27.9. The number of amides is 1. The maximum Gasteiger partial charge on any atom is 0.416 e. The molecular formula is C26H29F4N3O5. The number of halogens is 4. The van der Waals surface area contributed by atoms with Gasteiger partial charge in [0.1, 0.15) is 5.82 Å². The molecule has 2 saturated heterocycles. The number of piperidine rings is 1. The molecule has 0 saturated carbocycles. The van der Waals surface area contributed by atoms with E-state index in [-0.39, 0.29) is 17.6 Å². The number of carbonyl (C=O) groups excluding carboxylic acids is 1. The molecule has 206 valence electrons. The maximum absolute atomic E-state index is 14.0. The number of hydrogen-bond donors (Lipinski definition) is 2. The van der Waals surface area contributed by atoms with Crippen LogP contribution in [-0.2, 0) is 27.1 Å². The topological polar surface area (TPSA) is 101 Å². The Morgan fingerprint density at radius 3 is 1.87 bits per heavy atom. The normalized spacial score (nSPS) is 16.9. The fourth-order valence-electron chi connectivity index (χ4n) is 4.53. The largest absolute Gasteiger partial charge is 0.473 e. The lowest BCUT2D eigenvalue weighted by atomic mass is 9.94. The molecule has 0 bridgehead atoms. The molecule has 2 aromatic carbocycles. The summed E-state index contributed by atoms with van der Waals surface area (Å²) >= 11 is 0. The van der Waals surface area contributed by atoms with Crippen LogP contribution in [0.4, 0.5) is 23.2 Å². The van der Waals surface area contributed by atoms with Crippen LogP contribution in [0, 0.1) is 11.7 Å². The van der Waals surface area contributed by atoms with Crippen molar-refractivity contribution in [2.24, 2.45) is 5.92 Å². The third kappa shape index (κ3) is 7.91. The lowest BCUT2D eigenvalue weighted by Gasteiger charge is -2.39. The molecule has 2 heterocycles. The molecule has 0 radical (unpaired) electrons. The SMILES string of the molecule is O=C(C1CCN(Cc2ccc(C(F)(F)F)cc2)CC1)N1CCN(c2ccccc2F)CC1.O=C(O)C(=O)O. The molecule has 1 amide bonds. The van der Waals surface area contributed by atoms with Gasteiger partial charge in [0.25, 0.3) is 0 Å². The van der Waals surface area contributed by atoms with E-state index in [4.69, 9.17) is 19.8 Å². The molecular weight excluding hydrogens is 510 g/mol. The lowest BCUT2D eigenvalue weighted by molar-refractivity contribution is -0.159. The van der Waals surface area contributed by atoms with Crippen molar-refractivity contribution in [1.82, 2.24) is 9.80 Å². The van der Waals surface area contributed by atoms with Gasteiger partial charge in [0, 0.05) is 38.6 Å². The van der Waals surface area contributed by atoms with E-state index < -0.39 is 23.7 Å². The summed E-state index contributed by atoms with van der Waals surface area (Å²) in [5.41, 5.74) is 0.781. The van der Waals surface area contributed by atoms with Gasteiger partial charge in [-0.3, -0.25) is 9.69 Å². The van der Waals surface area contributed by atoms with E-state index >= 15 is 0 Å². The number of benzene rings is 2. The molecule has 2 aromatic rings. The monoisotopic (exact) mass is 539 g/mol. The maximum atomic E-state index is 14.0. The van der Waals surface area contributed by atoms with Gasteiger partial charge in [-0.1, -0.05) is 24.3 Å². The quantitative estimate of drug-likeness (QED) is 0.453. The predicted octanol–water partition coefficient (Wildman–Crippen LogP) is 3.56. The van der Waals surface area contributed by atoms with Gasteiger partial charge in [0.2, 0.25) is 5.91 Å². The van der Waals surface area contributed by atoms with Crippen molar-refractivity contribution in [3.05, 3.63) is 65.5 Å². The summed E-state index contributed by atoms with van der Waals surface area (Å²) in [7, 11) is 0. The Balaban J connectivity index is 0.000000599. The van der Waals surface area contributed by atoms with Crippen LogP contribution in [0.3, 0.4) is 0 Å². The van der Waals surface area contributed by atoms with Gasteiger partial charge in [-0.25, -0.2) is 14.0 Å². The van der Waals surface area contributed by atoms with Crippen molar-refractivity contribution in [2.75, 3.05) is 44.2 Å². The van der Waals surface area contributed by atoms with E-state index in [2.05, 4.69) is 4.90 Å². The van der Waals surface area contributed by atoms with Crippen LogP contribution >= 0.6 is 0 Å². The number of likely N-dealkylation sites (tertiary alicyclic amines) is 1. The second-order valence-corrected chi connectivity index (χ2v) is 9.12. The van der Waals surface area contributed by atoms with Crippen LogP contribution in [0.25, 0.3) is 0 Å². The summed E-state index contributed by atoms with van der Waals surface area (Å²) in [6.07, 6.45) is -2.84. The minimum absolute atomic E-state index is 0.0288. The zero-order valence-corrected chi connectivity index (χ0v) is 20.5. The molecule has 2 aliphatic rings. The lowest BCUT2D eigenvalue weighted by Crippen LogP contribution is -2.51. The smallest absolute Gasteiger partial charge is 0.416 e. The van der Waals surface area contributed by atoms with Crippen LogP contribution < -0.4 is 4.90 Å². The number of anilines is 1. The van der Waals surface area contributed by atoms with Crippen LogP contribution in [0.15, 0.2) is 48.5 Å². The summed E-state index contributed by atoms with van der Waals surface area (Å²) in [6.45, 7) is 4.45. The van der Waals surface area contributed by atoms with Gasteiger partial charge in [-0.05, 0) is 55.8 Å². The van der Waals surface area contributed by atoms with E-state index in [1.165, 1.54) is 18.2 Å². The Hall–Kier alpha value is -3.67. The van der Waals surface area contributed by atoms with Crippen LogP contribution in [-0.4, -0.2) is 77.1 Å². The molecule has 0 unspecified atom stereocenters. The van der Waals surface area contributed by atoms with Crippen molar-refractivity contribution < 1.29 is 42.2 Å². The molecule has 2 aliphatic heterocycles. The molecule has 2 fully saturated rings. The van der Waals surface area contributed by atoms with E-state index in [0.717, 1.165) is 43.6 Å². The summed E-state index contributed by atoms with van der Waals surface area (Å²) in [4.78, 5) is 37.2. The van der Waals surface area contributed by atoms with Gasteiger partial charge in [0.05, 0.1) is 11.3 Å². The van der Waals surface area contributed by atoms with Crippen molar-refractivity contribution in [3.8, 4) is 0 Å². The molecule has 12 heteroatoms. The second-order valence-electron chi connectivity index (χ2n) is 9.12. The second kappa shape index (κ2) is 12.7. The number of carboxylic acid groups (broad SMARTS) is 2. The number of hydrogen-bond acceptors (Lipinski definition) is 5. The number of alkyl halides is 3. The van der Waals surface area contributed by atoms with Crippen LogP contribution in [0.2, 0.25) is 0 Å². The van der Waals surface area contributed by atoms with E-state index in [1.807, 2.05) is 15.9 Å². The number of carbonyl (C=O) groups is 3. The summed E-state index contributed by atoms with van der Waals surface area (Å²) < 4.78 is 52.1. The Morgan fingerprint density at radius 1 is 0.816 bits per heavy atom. The van der Waals surface area contributed by atoms with E-state index in [9.17, 15) is 22.4 Å². The molecule has 0 spiro atoms. The fraction of sp³-hybridized carbons (Fsp3) is 0.423. The molecule has 8 nitrogen and oxygen atoms in total. The van der Waals surface area contributed by atoms with Gasteiger partial charge in [-0.15, -0.1) is 0 Å². The minimum atomic E-state index is -4.32. The van der Waals surface area contributed by atoms with Crippen molar-refractivity contribution >= 4 is 23.5 Å². The highest BCUT2D eigenvalue weighted by molar-refractivity contribution is 6.27. The number of nitrogens with zero attached hydrogens (tertiary/aromatic N) is 3. The minimum Gasteiger partial charge on any atom is -0.473 e. The average molecular weight is 540 g/mol. The first-order valence-corrected chi connectivity index (χ1v) is 12.1. The Morgan fingerprint density at radius 2 is 1.37 bits per heavy atom. The zero-order valence-electron chi connectivity index (χ0n) is 20.5. The summed E-state index contributed by atoms with van der Waals surface area (Å²) in [5.74, 6) is -3.76. The first-order chi connectivity index (χ1) is 18.0. The van der Waals surface area contributed by atoms with Crippen molar-refractivity contribution in [1.29, 1.82) is 0 Å². The highest BCUT2D eigenvalue weighted by atomic mass is 19.4. The number of piperazine rings is 1. The standard InChI is InChI=1S/C24H27F4N3O.C2H2O4/c25-21-3-1-2-4-22(21)30-13-15-31(16-14-30)23(32)19-9-11-29(12-10-19)17-18-5-7-20(8-6-18)24(26,27)28;3-1(4)2(5)6/h1-8,19H,9-17H2;(H,3,4)(H,5,6). The Bertz CT molecular complexity index is 1100.